The summed E-state index contributed by atoms with van der Waals surface area (Å²) in [5, 5.41) is 3.67. The Balaban J connectivity index is 1.90. The molecular weight excluding hydrogens is 186 g/mol. The smallest absolute Gasteiger partial charge is 0.119 e. The van der Waals surface area contributed by atoms with Gasteiger partial charge in [0, 0.05) is 6.04 Å². The lowest BCUT2D eigenvalue weighted by Gasteiger charge is -2.46. The van der Waals surface area contributed by atoms with Crippen molar-refractivity contribution in [2.75, 3.05) is 6.61 Å². The van der Waals surface area contributed by atoms with E-state index in [1.807, 2.05) is 0 Å². The lowest BCUT2D eigenvalue weighted by molar-refractivity contribution is -0.136. The summed E-state index contributed by atoms with van der Waals surface area (Å²) in [6, 6.07) is 0.634. The molecule has 0 bridgehead atoms. The molecule has 1 unspecified atom stereocenters. The van der Waals surface area contributed by atoms with E-state index in [0.717, 1.165) is 24.9 Å². The van der Waals surface area contributed by atoms with Crippen molar-refractivity contribution in [1.29, 1.82) is 0 Å². The molecule has 2 aliphatic rings. The summed E-state index contributed by atoms with van der Waals surface area (Å²) < 4.78 is 5.99. The van der Waals surface area contributed by atoms with E-state index in [1.54, 1.807) is 0 Å². The Labute approximate surface area is 93.8 Å². The molecule has 2 heteroatoms. The van der Waals surface area contributed by atoms with Gasteiger partial charge in [-0.2, -0.15) is 0 Å². The molecule has 1 heterocycles. The summed E-state index contributed by atoms with van der Waals surface area (Å²) >= 11 is 0. The van der Waals surface area contributed by atoms with Crippen molar-refractivity contribution in [3.8, 4) is 0 Å². The molecule has 1 aliphatic heterocycles. The average Bonchev–Trinajstić information content (AvgIpc) is 2.18. The first kappa shape index (κ1) is 11.4. The molecule has 0 aromatic carbocycles. The topological polar surface area (TPSA) is 21.3 Å². The minimum Gasteiger partial charge on any atom is -0.361 e. The lowest BCUT2D eigenvalue weighted by Crippen LogP contribution is -2.57. The van der Waals surface area contributed by atoms with Crippen molar-refractivity contribution >= 4 is 0 Å². The third-order valence-corrected chi connectivity index (χ3v) is 4.22. The van der Waals surface area contributed by atoms with E-state index in [-0.39, 0.29) is 5.72 Å². The molecule has 0 aromatic rings. The van der Waals surface area contributed by atoms with Crippen molar-refractivity contribution in [3.05, 3.63) is 0 Å². The fourth-order valence-electron chi connectivity index (χ4n) is 3.06. The van der Waals surface area contributed by atoms with Crippen molar-refractivity contribution in [1.82, 2.24) is 5.32 Å². The molecule has 15 heavy (non-hydrogen) atoms. The third kappa shape index (κ3) is 2.54. The molecular formula is C13H25NO. The molecule has 2 fully saturated rings. The molecule has 2 rings (SSSR count). The average molecular weight is 211 g/mol. The Morgan fingerprint density at radius 2 is 1.87 bits per heavy atom. The van der Waals surface area contributed by atoms with E-state index in [2.05, 4.69) is 26.1 Å². The Kier molecular flexibility index (Phi) is 3.36. The first-order valence-corrected chi connectivity index (χ1v) is 6.53. The predicted molar refractivity (Wildman–Crippen MR) is 62.7 cm³/mol. The van der Waals surface area contributed by atoms with Gasteiger partial charge < -0.3 is 4.74 Å². The van der Waals surface area contributed by atoms with E-state index in [0.29, 0.717) is 6.04 Å². The zero-order chi connectivity index (χ0) is 10.9. The summed E-state index contributed by atoms with van der Waals surface area (Å²) in [7, 11) is 0. The van der Waals surface area contributed by atoms with Crippen LogP contribution in [0.15, 0.2) is 0 Å². The minimum absolute atomic E-state index is 0.0447. The van der Waals surface area contributed by atoms with Gasteiger partial charge in [-0.1, -0.05) is 13.8 Å². The molecule has 1 saturated heterocycles. The largest absolute Gasteiger partial charge is 0.361 e. The van der Waals surface area contributed by atoms with Crippen LogP contribution < -0.4 is 5.32 Å². The third-order valence-electron chi connectivity index (χ3n) is 4.22. The maximum atomic E-state index is 5.99. The van der Waals surface area contributed by atoms with Gasteiger partial charge in [0.05, 0.1) is 6.61 Å². The molecule has 0 amide bonds. The summed E-state index contributed by atoms with van der Waals surface area (Å²) in [6.07, 6.45) is 6.24. The highest BCUT2D eigenvalue weighted by molar-refractivity contribution is 4.90. The second-order valence-electron chi connectivity index (χ2n) is 5.76. The van der Waals surface area contributed by atoms with Crippen LogP contribution in [0.5, 0.6) is 0 Å². The standard InChI is InChI=1S/C13H25NO/c1-10(2)12-4-7-13(8-5-12)14-11(3)6-9-15-13/h10-12,14H,4-9H2,1-3H3. The van der Waals surface area contributed by atoms with Gasteiger partial charge in [0.2, 0.25) is 0 Å². The second kappa shape index (κ2) is 4.42. The molecule has 0 aromatic heterocycles. The Morgan fingerprint density at radius 1 is 1.20 bits per heavy atom. The molecule has 1 N–H and O–H groups in total. The van der Waals surface area contributed by atoms with Crippen molar-refractivity contribution in [3.63, 3.8) is 0 Å². The maximum Gasteiger partial charge on any atom is 0.119 e. The maximum absolute atomic E-state index is 5.99. The first-order valence-electron chi connectivity index (χ1n) is 6.53. The monoisotopic (exact) mass is 211 g/mol. The molecule has 1 saturated carbocycles. The van der Waals surface area contributed by atoms with Gasteiger partial charge in [0.25, 0.3) is 0 Å². The van der Waals surface area contributed by atoms with Crippen molar-refractivity contribution in [2.45, 2.75) is 64.6 Å². The number of ether oxygens (including phenoxy) is 1. The van der Waals surface area contributed by atoms with Crippen LogP contribution in [-0.4, -0.2) is 18.4 Å². The Morgan fingerprint density at radius 3 is 2.40 bits per heavy atom. The second-order valence-corrected chi connectivity index (χ2v) is 5.76. The van der Waals surface area contributed by atoms with Crippen LogP contribution in [-0.2, 0) is 4.74 Å². The number of hydrogen-bond acceptors (Lipinski definition) is 2. The summed E-state index contributed by atoms with van der Waals surface area (Å²) in [5.41, 5.74) is 0.0447. The zero-order valence-electron chi connectivity index (χ0n) is 10.4. The Hall–Kier alpha value is -0.0800. The number of nitrogens with one attached hydrogen (secondary N) is 1. The van der Waals surface area contributed by atoms with E-state index in [9.17, 15) is 0 Å². The van der Waals surface area contributed by atoms with Crippen LogP contribution in [0.1, 0.15) is 52.9 Å². The molecule has 2 nitrogen and oxygen atoms in total. The lowest BCUT2D eigenvalue weighted by atomic mass is 9.77. The van der Waals surface area contributed by atoms with Crippen LogP contribution in [0.25, 0.3) is 0 Å². The SMILES string of the molecule is CC1CCOC2(CCC(C(C)C)CC2)N1. The Bertz CT molecular complexity index is 207. The van der Waals surface area contributed by atoms with Crippen molar-refractivity contribution in [2.24, 2.45) is 11.8 Å². The van der Waals surface area contributed by atoms with Crippen LogP contribution in [0.4, 0.5) is 0 Å². The van der Waals surface area contributed by atoms with Crippen LogP contribution in [0.3, 0.4) is 0 Å². The fourth-order valence-corrected chi connectivity index (χ4v) is 3.06. The molecule has 1 spiro atoms. The van der Waals surface area contributed by atoms with Gasteiger partial charge in [-0.05, 0) is 50.9 Å². The summed E-state index contributed by atoms with van der Waals surface area (Å²) in [5.74, 6) is 1.75. The van der Waals surface area contributed by atoms with E-state index in [1.165, 1.54) is 25.7 Å². The van der Waals surface area contributed by atoms with Gasteiger partial charge in [0.1, 0.15) is 5.72 Å². The van der Waals surface area contributed by atoms with Crippen molar-refractivity contribution < 1.29 is 4.74 Å². The number of rotatable bonds is 1. The fraction of sp³-hybridized carbons (Fsp3) is 1.00. The van der Waals surface area contributed by atoms with E-state index < -0.39 is 0 Å². The van der Waals surface area contributed by atoms with Gasteiger partial charge in [-0.25, -0.2) is 0 Å². The quantitative estimate of drug-likeness (QED) is 0.720. The van der Waals surface area contributed by atoms with E-state index in [4.69, 9.17) is 4.74 Å². The normalized spacial score (nSPS) is 42.4. The van der Waals surface area contributed by atoms with Gasteiger partial charge in [-0.15, -0.1) is 0 Å². The highest BCUT2D eigenvalue weighted by Gasteiger charge is 2.39. The van der Waals surface area contributed by atoms with E-state index >= 15 is 0 Å². The van der Waals surface area contributed by atoms with Gasteiger partial charge in [0.15, 0.2) is 0 Å². The summed E-state index contributed by atoms with van der Waals surface area (Å²) in [6.45, 7) is 7.92. The number of hydrogen-bond donors (Lipinski definition) is 1. The van der Waals surface area contributed by atoms with Gasteiger partial charge >= 0.3 is 0 Å². The highest BCUT2D eigenvalue weighted by Crippen LogP contribution is 2.38. The first-order chi connectivity index (χ1) is 7.11. The zero-order valence-corrected chi connectivity index (χ0v) is 10.4. The van der Waals surface area contributed by atoms with Crippen LogP contribution in [0.2, 0.25) is 0 Å². The molecule has 88 valence electrons. The van der Waals surface area contributed by atoms with Gasteiger partial charge in [-0.3, -0.25) is 5.32 Å². The molecule has 0 radical (unpaired) electrons. The van der Waals surface area contributed by atoms with Crippen LogP contribution >= 0.6 is 0 Å². The highest BCUT2D eigenvalue weighted by atomic mass is 16.5. The minimum atomic E-state index is 0.0447. The predicted octanol–water partition coefficient (Wildman–Crippen LogP) is 2.93. The molecule has 1 aliphatic carbocycles. The van der Waals surface area contributed by atoms with Crippen LogP contribution in [0, 0.1) is 11.8 Å². The molecule has 1 atom stereocenters. The summed E-state index contributed by atoms with van der Waals surface area (Å²) in [4.78, 5) is 0.